The second-order valence-corrected chi connectivity index (χ2v) is 7.37. The van der Waals surface area contributed by atoms with Gasteiger partial charge in [0.15, 0.2) is 0 Å². The number of rotatable bonds is 3. The van der Waals surface area contributed by atoms with E-state index >= 15 is 0 Å². The first-order chi connectivity index (χ1) is 13.2. The van der Waals surface area contributed by atoms with Crippen LogP contribution in [0.25, 0.3) is 11.0 Å². The van der Waals surface area contributed by atoms with Crippen LogP contribution in [0.4, 0.5) is 13.2 Å². The van der Waals surface area contributed by atoms with Crippen molar-refractivity contribution in [2.75, 3.05) is 0 Å². The Morgan fingerprint density at radius 2 is 2.07 bits per heavy atom. The maximum Gasteiger partial charge on any atom is 0.439 e. The standard InChI is InChI=1S/C19H21F3N4O2/c1-12-23-15-8-4-5-9-16(15)25(12)11-10-17(27)26-18(28,19(20,21)22)13-6-2-3-7-14(13)24-26/h4-5,8-9,13,28H,2-3,6-7,10-11H2,1H3/t13-,18+/m0/s1. The van der Waals surface area contributed by atoms with Crippen LogP contribution in [0.15, 0.2) is 29.4 Å². The smallest absolute Gasteiger partial charge is 0.362 e. The van der Waals surface area contributed by atoms with Crippen molar-refractivity contribution in [2.24, 2.45) is 11.0 Å². The van der Waals surface area contributed by atoms with Crippen LogP contribution in [-0.4, -0.2) is 43.2 Å². The van der Waals surface area contributed by atoms with E-state index in [1.54, 1.807) is 11.5 Å². The molecule has 1 aromatic carbocycles. The zero-order chi connectivity index (χ0) is 20.1. The molecule has 1 amide bonds. The minimum absolute atomic E-state index is 0.158. The first-order valence-electron chi connectivity index (χ1n) is 9.35. The van der Waals surface area contributed by atoms with E-state index in [0.29, 0.717) is 25.1 Å². The molecular weight excluding hydrogens is 373 g/mol. The van der Waals surface area contributed by atoms with Crippen molar-refractivity contribution in [1.82, 2.24) is 14.6 Å². The third-order valence-corrected chi connectivity index (χ3v) is 5.66. The number of hydrogen-bond donors (Lipinski definition) is 1. The highest BCUT2D eigenvalue weighted by atomic mass is 19.4. The van der Waals surface area contributed by atoms with Crippen LogP contribution in [0.2, 0.25) is 0 Å². The summed E-state index contributed by atoms with van der Waals surface area (Å²) in [4.78, 5) is 17.1. The predicted octanol–water partition coefficient (Wildman–Crippen LogP) is 3.37. The van der Waals surface area contributed by atoms with Gasteiger partial charge in [0.1, 0.15) is 5.82 Å². The number of halogens is 3. The van der Waals surface area contributed by atoms with E-state index in [4.69, 9.17) is 0 Å². The summed E-state index contributed by atoms with van der Waals surface area (Å²) in [7, 11) is 0. The molecule has 1 aliphatic carbocycles. The third kappa shape index (κ3) is 2.80. The van der Waals surface area contributed by atoms with Crippen molar-refractivity contribution < 1.29 is 23.1 Å². The molecule has 2 aromatic rings. The zero-order valence-electron chi connectivity index (χ0n) is 15.4. The predicted molar refractivity (Wildman–Crippen MR) is 96.3 cm³/mol. The van der Waals surface area contributed by atoms with E-state index in [9.17, 15) is 23.1 Å². The summed E-state index contributed by atoms with van der Waals surface area (Å²) in [5, 5.41) is 14.8. The molecule has 1 fully saturated rings. The van der Waals surface area contributed by atoms with Gasteiger partial charge in [-0.15, -0.1) is 0 Å². The van der Waals surface area contributed by atoms with Gasteiger partial charge >= 0.3 is 6.18 Å². The van der Waals surface area contributed by atoms with Gasteiger partial charge in [0.25, 0.3) is 5.72 Å². The number of hydrazone groups is 1. The second kappa shape index (κ2) is 6.58. The van der Waals surface area contributed by atoms with Gasteiger partial charge in [0, 0.05) is 18.7 Å². The number of aliphatic hydroxyl groups is 1. The molecule has 2 atom stereocenters. The van der Waals surface area contributed by atoms with Gasteiger partial charge in [0.05, 0.1) is 17.0 Å². The monoisotopic (exact) mass is 394 g/mol. The van der Waals surface area contributed by atoms with Crippen molar-refractivity contribution in [3.8, 4) is 0 Å². The molecule has 28 heavy (non-hydrogen) atoms. The van der Waals surface area contributed by atoms with E-state index in [1.165, 1.54) is 0 Å². The number of benzene rings is 1. The lowest BCUT2D eigenvalue weighted by Gasteiger charge is -2.38. The van der Waals surface area contributed by atoms with Crippen LogP contribution in [0.1, 0.15) is 37.9 Å². The van der Waals surface area contributed by atoms with E-state index in [0.717, 1.165) is 11.0 Å². The Bertz CT molecular complexity index is 952. The normalized spacial score (nSPS) is 25.1. The number of para-hydroxylation sites is 2. The molecule has 2 aliphatic rings. The molecule has 9 heteroatoms. The fourth-order valence-electron chi connectivity index (χ4n) is 4.26. The highest BCUT2D eigenvalue weighted by Gasteiger charge is 2.68. The van der Waals surface area contributed by atoms with E-state index in [-0.39, 0.29) is 30.1 Å². The Labute approximate surface area is 159 Å². The first-order valence-corrected chi connectivity index (χ1v) is 9.35. The summed E-state index contributed by atoms with van der Waals surface area (Å²) in [6, 6.07) is 7.35. The van der Waals surface area contributed by atoms with Gasteiger partial charge in [-0.05, 0) is 38.3 Å². The van der Waals surface area contributed by atoms with Gasteiger partial charge < -0.3 is 9.67 Å². The van der Waals surface area contributed by atoms with E-state index < -0.39 is 23.7 Å². The minimum Gasteiger partial charge on any atom is -0.362 e. The van der Waals surface area contributed by atoms with E-state index in [2.05, 4.69) is 10.1 Å². The Morgan fingerprint density at radius 1 is 1.32 bits per heavy atom. The fourth-order valence-corrected chi connectivity index (χ4v) is 4.26. The molecule has 150 valence electrons. The minimum atomic E-state index is -4.98. The Balaban J connectivity index is 1.59. The number of imidazole rings is 1. The SMILES string of the molecule is Cc1nc2ccccc2n1CCC(=O)N1N=C2CCCC[C@@H]2[C@@]1(O)C(F)(F)F. The van der Waals surface area contributed by atoms with Gasteiger partial charge in [0.2, 0.25) is 5.91 Å². The van der Waals surface area contributed by atoms with Gasteiger partial charge in [-0.2, -0.15) is 23.3 Å². The number of hydrogen-bond acceptors (Lipinski definition) is 4. The zero-order valence-corrected chi connectivity index (χ0v) is 15.4. The third-order valence-electron chi connectivity index (χ3n) is 5.66. The van der Waals surface area contributed by atoms with Crippen LogP contribution in [0, 0.1) is 12.8 Å². The number of aryl methyl sites for hydroxylation is 2. The lowest BCUT2D eigenvalue weighted by Crippen LogP contribution is -2.61. The summed E-state index contributed by atoms with van der Waals surface area (Å²) in [6.45, 7) is 1.94. The van der Waals surface area contributed by atoms with Crippen LogP contribution < -0.4 is 0 Å². The quantitative estimate of drug-likeness (QED) is 0.868. The van der Waals surface area contributed by atoms with Crippen LogP contribution in [0.3, 0.4) is 0 Å². The second-order valence-electron chi connectivity index (χ2n) is 7.37. The molecule has 1 aliphatic heterocycles. The molecule has 1 saturated carbocycles. The van der Waals surface area contributed by atoms with Gasteiger partial charge in [-0.1, -0.05) is 18.6 Å². The summed E-state index contributed by atoms with van der Waals surface area (Å²) >= 11 is 0. The van der Waals surface area contributed by atoms with Crippen molar-refractivity contribution in [2.45, 2.75) is 57.5 Å². The fraction of sp³-hybridized carbons (Fsp3) is 0.526. The molecule has 2 heterocycles. The van der Waals surface area contributed by atoms with Gasteiger partial charge in [-0.3, -0.25) is 4.79 Å². The van der Waals surface area contributed by atoms with Crippen molar-refractivity contribution in [3.05, 3.63) is 30.1 Å². The highest BCUT2D eigenvalue weighted by molar-refractivity contribution is 5.93. The number of carbonyl (C=O) groups is 1. The molecule has 4 rings (SSSR count). The maximum absolute atomic E-state index is 13.8. The number of carbonyl (C=O) groups excluding carboxylic acids is 1. The highest BCUT2D eigenvalue weighted by Crippen LogP contribution is 2.48. The Kier molecular flexibility index (Phi) is 4.45. The number of aromatic nitrogens is 2. The largest absolute Gasteiger partial charge is 0.439 e. The van der Waals surface area contributed by atoms with Crippen LogP contribution >= 0.6 is 0 Å². The molecule has 0 radical (unpaired) electrons. The van der Waals surface area contributed by atoms with Crippen molar-refractivity contribution in [1.29, 1.82) is 0 Å². The summed E-state index contributed by atoms with van der Waals surface area (Å²) in [5.41, 5.74) is -1.43. The maximum atomic E-state index is 13.8. The van der Waals surface area contributed by atoms with Crippen molar-refractivity contribution in [3.63, 3.8) is 0 Å². The summed E-state index contributed by atoms with van der Waals surface area (Å²) in [5.74, 6) is -1.36. The lowest BCUT2D eigenvalue weighted by atomic mass is 9.80. The molecule has 0 unspecified atom stereocenters. The molecule has 0 bridgehead atoms. The molecule has 1 aromatic heterocycles. The Hall–Kier alpha value is -2.42. The lowest BCUT2D eigenvalue weighted by molar-refractivity contribution is -0.317. The van der Waals surface area contributed by atoms with E-state index in [1.807, 2.05) is 24.3 Å². The summed E-state index contributed by atoms with van der Waals surface area (Å²) < 4.78 is 43.1. The molecule has 0 spiro atoms. The van der Waals surface area contributed by atoms with Crippen molar-refractivity contribution >= 4 is 22.7 Å². The molecule has 0 saturated heterocycles. The molecule has 1 N–H and O–H groups in total. The number of alkyl halides is 3. The molecular formula is C19H21F3N4O2. The van der Waals surface area contributed by atoms with Crippen LogP contribution in [-0.2, 0) is 11.3 Å². The Morgan fingerprint density at radius 3 is 2.82 bits per heavy atom. The average molecular weight is 394 g/mol. The van der Waals surface area contributed by atoms with Gasteiger partial charge in [-0.25, -0.2) is 4.98 Å². The number of nitrogens with zero attached hydrogens (tertiary/aromatic N) is 4. The summed E-state index contributed by atoms with van der Waals surface area (Å²) in [6.07, 6.45) is -3.37. The number of amides is 1. The number of fused-ring (bicyclic) bond motifs is 2. The topological polar surface area (TPSA) is 70.7 Å². The first kappa shape index (κ1) is 18.9. The molecule has 6 nitrogen and oxygen atoms in total. The van der Waals surface area contributed by atoms with Crippen LogP contribution in [0.5, 0.6) is 0 Å². The average Bonchev–Trinajstić information content (AvgIpc) is 3.14.